The quantitative estimate of drug-likeness (QED) is 0.687. The topological polar surface area (TPSA) is 94.1 Å². The van der Waals surface area contributed by atoms with Gasteiger partial charge in [0.15, 0.2) is 5.60 Å². The summed E-state index contributed by atoms with van der Waals surface area (Å²) in [7, 11) is 0. The van der Waals surface area contributed by atoms with Crippen LogP contribution in [-0.2, 0) is 17.8 Å². The molecule has 1 amide bonds. The van der Waals surface area contributed by atoms with Gasteiger partial charge < -0.3 is 15.3 Å². The van der Waals surface area contributed by atoms with Gasteiger partial charge in [0.2, 0.25) is 0 Å². The first-order chi connectivity index (χ1) is 11.7. The molecule has 0 unspecified atom stereocenters. The fourth-order valence-corrected chi connectivity index (χ4v) is 3.05. The molecule has 1 atom stereocenters. The number of amides is 1. The maximum Gasteiger partial charge on any atom is 0.255 e. The monoisotopic (exact) mass is 329 g/mol. The van der Waals surface area contributed by atoms with Crippen LogP contribution in [0.2, 0.25) is 0 Å². The van der Waals surface area contributed by atoms with Gasteiger partial charge in [-0.25, -0.2) is 4.98 Å². The summed E-state index contributed by atoms with van der Waals surface area (Å²) in [5.41, 5.74) is -0.141. The Morgan fingerprint density at radius 2 is 2.17 bits per heavy atom. The second kappa shape index (κ2) is 7.55. The molecule has 1 saturated heterocycles. The van der Waals surface area contributed by atoms with Crippen molar-refractivity contribution in [2.75, 3.05) is 19.6 Å². The van der Waals surface area contributed by atoms with Gasteiger partial charge in [-0.1, -0.05) is 30.3 Å². The molecule has 3 N–H and O–H groups in total. The largest absolute Gasteiger partial charge is 0.379 e. The Morgan fingerprint density at radius 1 is 1.33 bits per heavy atom. The zero-order chi connectivity index (χ0) is 16.8. The maximum absolute atomic E-state index is 12.7. The van der Waals surface area contributed by atoms with Crippen LogP contribution in [0.3, 0.4) is 0 Å². The van der Waals surface area contributed by atoms with E-state index in [-0.39, 0.29) is 12.5 Å². The average Bonchev–Trinajstić information content (AvgIpc) is 3.11. The highest BCUT2D eigenvalue weighted by molar-refractivity contribution is 5.86. The van der Waals surface area contributed by atoms with E-state index in [1.54, 1.807) is 4.90 Å². The highest BCUT2D eigenvalue weighted by atomic mass is 16.3. The minimum Gasteiger partial charge on any atom is -0.379 e. The van der Waals surface area contributed by atoms with Crippen molar-refractivity contribution in [2.24, 2.45) is 0 Å². The highest BCUT2D eigenvalue weighted by Crippen LogP contribution is 2.22. The lowest BCUT2D eigenvalue weighted by Gasteiger charge is -2.38. The standard InChI is InChI=1S/C17H23N5O2/c23-16-17(24,12-18-11-15-19-13-20-21-15)8-4-9-22(16)10-7-14-5-2-1-3-6-14/h1-3,5-6,13,18,24H,4,7-12H2,(H,19,20,21)/t17-/m1/s1. The summed E-state index contributed by atoms with van der Waals surface area (Å²) in [6.07, 6.45) is 3.52. The normalized spacial score (nSPS) is 21.2. The van der Waals surface area contributed by atoms with Gasteiger partial charge in [-0.3, -0.25) is 9.89 Å². The zero-order valence-electron chi connectivity index (χ0n) is 13.6. The number of carbonyl (C=O) groups is 1. The van der Waals surface area contributed by atoms with E-state index in [0.29, 0.717) is 31.9 Å². The average molecular weight is 329 g/mol. The molecule has 0 aliphatic carbocycles. The second-order valence-electron chi connectivity index (χ2n) is 6.20. The Balaban J connectivity index is 1.53. The van der Waals surface area contributed by atoms with Crippen molar-refractivity contribution in [2.45, 2.75) is 31.4 Å². The second-order valence-corrected chi connectivity index (χ2v) is 6.20. The third kappa shape index (κ3) is 3.98. The van der Waals surface area contributed by atoms with Crippen LogP contribution < -0.4 is 5.32 Å². The van der Waals surface area contributed by atoms with Crippen LogP contribution in [-0.4, -0.2) is 56.3 Å². The molecule has 2 aromatic rings. The Hall–Kier alpha value is -2.25. The van der Waals surface area contributed by atoms with E-state index >= 15 is 0 Å². The number of piperidine rings is 1. The van der Waals surface area contributed by atoms with Crippen LogP contribution >= 0.6 is 0 Å². The lowest BCUT2D eigenvalue weighted by atomic mass is 9.91. The van der Waals surface area contributed by atoms with Crippen molar-refractivity contribution in [1.82, 2.24) is 25.4 Å². The summed E-state index contributed by atoms with van der Waals surface area (Å²) >= 11 is 0. The molecule has 128 valence electrons. The smallest absolute Gasteiger partial charge is 0.255 e. The number of hydrogen-bond acceptors (Lipinski definition) is 5. The van der Waals surface area contributed by atoms with E-state index < -0.39 is 5.60 Å². The lowest BCUT2D eigenvalue weighted by molar-refractivity contribution is -0.156. The van der Waals surface area contributed by atoms with Gasteiger partial charge >= 0.3 is 0 Å². The molecular weight excluding hydrogens is 306 g/mol. The molecule has 1 fully saturated rings. The lowest BCUT2D eigenvalue weighted by Crippen LogP contribution is -2.58. The number of aromatic amines is 1. The van der Waals surface area contributed by atoms with Gasteiger partial charge in [0.05, 0.1) is 6.54 Å². The van der Waals surface area contributed by atoms with Crippen LogP contribution in [0.25, 0.3) is 0 Å². The summed E-state index contributed by atoms with van der Waals surface area (Å²) < 4.78 is 0. The van der Waals surface area contributed by atoms with Gasteiger partial charge in [0.1, 0.15) is 12.2 Å². The first-order valence-electron chi connectivity index (χ1n) is 8.28. The van der Waals surface area contributed by atoms with E-state index in [9.17, 15) is 9.90 Å². The van der Waals surface area contributed by atoms with E-state index in [0.717, 1.165) is 12.8 Å². The summed E-state index contributed by atoms with van der Waals surface area (Å²) in [5.74, 6) is 0.498. The Bertz CT molecular complexity index is 646. The number of nitrogens with one attached hydrogen (secondary N) is 2. The Kier molecular flexibility index (Phi) is 5.22. The molecule has 1 aromatic heterocycles. The SMILES string of the molecule is O=C1N(CCc2ccccc2)CCC[C@@]1(O)CNCc1ncn[nH]1. The van der Waals surface area contributed by atoms with Gasteiger partial charge in [-0.05, 0) is 24.8 Å². The van der Waals surface area contributed by atoms with Gasteiger partial charge in [0.25, 0.3) is 5.91 Å². The summed E-state index contributed by atoms with van der Waals surface area (Å²) in [6.45, 7) is 2.00. The summed E-state index contributed by atoms with van der Waals surface area (Å²) in [4.78, 5) is 18.4. The molecule has 7 nitrogen and oxygen atoms in total. The van der Waals surface area contributed by atoms with E-state index in [1.165, 1.54) is 11.9 Å². The minimum absolute atomic E-state index is 0.185. The molecule has 0 bridgehead atoms. The molecule has 2 heterocycles. The number of aromatic nitrogens is 3. The van der Waals surface area contributed by atoms with Crippen molar-refractivity contribution in [3.63, 3.8) is 0 Å². The number of H-pyrrole nitrogens is 1. The van der Waals surface area contributed by atoms with Crippen LogP contribution in [0.15, 0.2) is 36.7 Å². The molecule has 1 aromatic carbocycles. The molecular formula is C17H23N5O2. The molecule has 24 heavy (non-hydrogen) atoms. The van der Waals surface area contributed by atoms with E-state index in [4.69, 9.17) is 0 Å². The first kappa shape index (κ1) is 16.6. The first-order valence-corrected chi connectivity index (χ1v) is 8.28. The minimum atomic E-state index is -1.34. The third-order valence-corrected chi connectivity index (χ3v) is 4.39. The molecule has 0 radical (unpaired) electrons. The molecule has 1 aliphatic rings. The molecule has 7 heteroatoms. The number of likely N-dealkylation sites (tertiary alicyclic amines) is 1. The Labute approximate surface area is 141 Å². The van der Waals surface area contributed by atoms with Crippen molar-refractivity contribution < 1.29 is 9.90 Å². The van der Waals surface area contributed by atoms with Crippen LogP contribution in [0.1, 0.15) is 24.2 Å². The van der Waals surface area contributed by atoms with Crippen LogP contribution in [0.5, 0.6) is 0 Å². The summed E-state index contributed by atoms with van der Waals surface area (Å²) in [5, 5.41) is 20.3. The number of aliphatic hydroxyl groups is 1. The Morgan fingerprint density at radius 3 is 2.92 bits per heavy atom. The van der Waals surface area contributed by atoms with Crippen molar-refractivity contribution in [1.29, 1.82) is 0 Å². The maximum atomic E-state index is 12.7. The molecule has 0 spiro atoms. The fourth-order valence-electron chi connectivity index (χ4n) is 3.05. The van der Waals surface area contributed by atoms with Crippen molar-refractivity contribution in [3.05, 3.63) is 48.0 Å². The fraction of sp³-hybridized carbons (Fsp3) is 0.471. The highest BCUT2D eigenvalue weighted by Gasteiger charge is 2.41. The van der Waals surface area contributed by atoms with E-state index in [2.05, 4.69) is 32.6 Å². The molecule has 0 saturated carbocycles. The van der Waals surface area contributed by atoms with Crippen molar-refractivity contribution in [3.8, 4) is 0 Å². The van der Waals surface area contributed by atoms with Crippen LogP contribution in [0.4, 0.5) is 0 Å². The zero-order valence-corrected chi connectivity index (χ0v) is 13.6. The number of benzene rings is 1. The number of nitrogens with zero attached hydrogens (tertiary/aromatic N) is 3. The van der Waals surface area contributed by atoms with Gasteiger partial charge in [0, 0.05) is 19.6 Å². The van der Waals surface area contributed by atoms with E-state index in [1.807, 2.05) is 18.2 Å². The van der Waals surface area contributed by atoms with Crippen molar-refractivity contribution >= 4 is 5.91 Å². The number of rotatable bonds is 7. The van der Waals surface area contributed by atoms with Gasteiger partial charge in [-0.15, -0.1) is 0 Å². The number of carbonyl (C=O) groups excluding carboxylic acids is 1. The van der Waals surface area contributed by atoms with Gasteiger partial charge in [-0.2, -0.15) is 5.10 Å². The predicted molar refractivity (Wildman–Crippen MR) is 89.0 cm³/mol. The molecule has 1 aliphatic heterocycles. The third-order valence-electron chi connectivity index (χ3n) is 4.39. The molecule has 3 rings (SSSR count). The number of hydrogen-bond donors (Lipinski definition) is 3. The summed E-state index contributed by atoms with van der Waals surface area (Å²) in [6, 6.07) is 10.1. The predicted octanol–water partition coefficient (Wildman–Crippen LogP) is 0.490. The van der Waals surface area contributed by atoms with Crippen LogP contribution in [0, 0.1) is 0 Å².